The summed E-state index contributed by atoms with van der Waals surface area (Å²) in [5.74, 6) is -1.72. The highest BCUT2D eigenvalue weighted by Gasteiger charge is 2.18. The number of ether oxygens (including phenoxy) is 1. The highest BCUT2D eigenvalue weighted by atomic mass is 32.2. The summed E-state index contributed by atoms with van der Waals surface area (Å²) in [7, 11) is -2.59. The maximum atomic E-state index is 11.7. The Bertz CT molecular complexity index is 547. The number of thiophene rings is 1. The summed E-state index contributed by atoms with van der Waals surface area (Å²) >= 11 is 0.939. The quantitative estimate of drug-likeness (QED) is 0.729. The van der Waals surface area contributed by atoms with Crippen molar-refractivity contribution in [1.82, 2.24) is 4.72 Å². The lowest BCUT2D eigenvalue weighted by molar-refractivity contribution is -0.136. The molecule has 0 unspecified atom stereocenters. The van der Waals surface area contributed by atoms with Crippen molar-refractivity contribution >= 4 is 33.3 Å². The van der Waals surface area contributed by atoms with Crippen molar-refractivity contribution < 1.29 is 27.9 Å². The second-order valence-corrected chi connectivity index (χ2v) is 5.86. The number of carboxylic acid groups (broad SMARTS) is 1. The van der Waals surface area contributed by atoms with Gasteiger partial charge in [0.25, 0.3) is 0 Å². The number of carbonyl (C=O) groups is 2. The Morgan fingerprint density at radius 3 is 2.72 bits per heavy atom. The second-order valence-electron chi connectivity index (χ2n) is 3.18. The van der Waals surface area contributed by atoms with Crippen molar-refractivity contribution in [2.24, 2.45) is 0 Å². The summed E-state index contributed by atoms with van der Waals surface area (Å²) in [4.78, 5) is 21.5. The fraction of sp³-hybridized carbons (Fsp3) is 0.333. The highest BCUT2D eigenvalue weighted by Crippen LogP contribution is 2.19. The van der Waals surface area contributed by atoms with Crippen molar-refractivity contribution in [3.05, 3.63) is 16.3 Å². The van der Waals surface area contributed by atoms with Gasteiger partial charge in [-0.2, -0.15) is 0 Å². The summed E-state index contributed by atoms with van der Waals surface area (Å²) in [6.45, 7) is -0.207. The van der Waals surface area contributed by atoms with Crippen LogP contribution in [-0.4, -0.2) is 39.1 Å². The van der Waals surface area contributed by atoms with Gasteiger partial charge < -0.3 is 9.84 Å². The molecule has 0 atom stereocenters. The average molecular weight is 293 g/mol. The summed E-state index contributed by atoms with van der Waals surface area (Å²) in [6.07, 6.45) is -0.312. The number of sulfonamides is 1. The van der Waals surface area contributed by atoms with E-state index in [0.717, 1.165) is 11.3 Å². The van der Waals surface area contributed by atoms with E-state index < -0.39 is 22.0 Å². The van der Waals surface area contributed by atoms with Crippen molar-refractivity contribution in [1.29, 1.82) is 0 Å². The van der Waals surface area contributed by atoms with Crippen molar-refractivity contribution in [2.75, 3.05) is 13.7 Å². The Kier molecular flexibility index (Phi) is 4.82. The lowest BCUT2D eigenvalue weighted by Crippen LogP contribution is -2.25. The van der Waals surface area contributed by atoms with Gasteiger partial charge in [0.1, 0.15) is 4.88 Å². The molecule has 0 fully saturated rings. The minimum Gasteiger partial charge on any atom is -0.481 e. The number of methoxy groups -OCH3 is 1. The van der Waals surface area contributed by atoms with Crippen LogP contribution in [0.2, 0.25) is 0 Å². The molecule has 1 aromatic rings. The second kappa shape index (κ2) is 5.94. The smallest absolute Gasteiger partial charge is 0.348 e. The molecule has 0 spiro atoms. The third-order valence-corrected chi connectivity index (χ3v) is 4.40. The number of hydrogen-bond acceptors (Lipinski definition) is 6. The molecule has 0 aliphatic rings. The van der Waals surface area contributed by atoms with Crippen LogP contribution in [0.1, 0.15) is 16.1 Å². The van der Waals surface area contributed by atoms with E-state index in [1.54, 1.807) is 0 Å². The molecule has 0 aliphatic heterocycles. The maximum Gasteiger partial charge on any atom is 0.348 e. The third kappa shape index (κ3) is 3.79. The number of hydrogen-bond donors (Lipinski definition) is 2. The van der Waals surface area contributed by atoms with Crippen LogP contribution in [0, 0.1) is 0 Å². The Morgan fingerprint density at radius 2 is 2.17 bits per heavy atom. The van der Waals surface area contributed by atoms with Crippen LogP contribution in [0.15, 0.2) is 16.3 Å². The molecule has 0 aliphatic carbocycles. The van der Waals surface area contributed by atoms with Crippen LogP contribution in [0.3, 0.4) is 0 Å². The molecule has 7 nitrogen and oxygen atoms in total. The first-order chi connectivity index (χ1) is 8.36. The fourth-order valence-corrected chi connectivity index (χ4v) is 3.26. The molecule has 9 heteroatoms. The van der Waals surface area contributed by atoms with Crippen LogP contribution >= 0.6 is 11.3 Å². The molecule has 0 saturated carbocycles. The van der Waals surface area contributed by atoms with Crippen LogP contribution < -0.4 is 4.72 Å². The van der Waals surface area contributed by atoms with Crippen LogP contribution in [0.5, 0.6) is 0 Å². The lowest BCUT2D eigenvalue weighted by Gasteiger charge is -2.02. The minimum atomic E-state index is -3.79. The van der Waals surface area contributed by atoms with Crippen LogP contribution in [0.25, 0.3) is 0 Å². The normalized spacial score (nSPS) is 11.2. The van der Waals surface area contributed by atoms with E-state index in [0.29, 0.717) is 0 Å². The molecule has 0 saturated heterocycles. The first-order valence-electron chi connectivity index (χ1n) is 4.75. The Labute approximate surface area is 107 Å². The number of rotatable bonds is 6. The van der Waals surface area contributed by atoms with E-state index in [-0.39, 0.29) is 22.7 Å². The molecule has 1 aromatic heterocycles. The monoisotopic (exact) mass is 293 g/mol. The van der Waals surface area contributed by atoms with E-state index in [2.05, 4.69) is 9.46 Å². The van der Waals surface area contributed by atoms with Crippen molar-refractivity contribution in [3.8, 4) is 0 Å². The zero-order valence-electron chi connectivity index (χ0n) is 9.37. The van der Waals surface area contributed by atoms with Gasteiger partial charge in [-0.05, 0) is 6.07 Å². The lowest BCUT2D eigenvalue weighted by atomic mass is 10.5. The molecule has 1 heterocycles. The highest BCUT2D eigenvalue weighted by molar-refractivity contribution is 7.89. The van der Waals surface area contributed by atoms with Crippen LogP contribution in [0.4, 0.5) is 0 Å². The SMILES string of the molecule is COC(=O)c1cc(S(=O)(=O)NCCC(=O)O)cs1. The fourth-order valence-electron chi connectivity index (χ4n) is 1.04. The molecule has 18 heavy (non-hydrogen) atoms. The molecule has 2 N–H and O–H groups in total. The van der Waals surface area contributed by atoms with Crippen molar-refractivity contribution in [2.45, 2.75) is 11.3 Å². The number of aliphatic carboxylic acids is 1. The number of carboxylic acids is 1. The first kappa shape index (κ1) is 14.6. The molecule has 0 radical (unpaired) electrons. The number of esters is 1. The van der Waals surface area contributed by atoms with Crippen molar-refractivity contribution in [3.63, 3.8) is 0 Å². The molecular formula is C9H11NO6S2. The standard InChI is InChI=1S/C9H11NO6S2/c1-16-9(13)7-4-6(5-17-7)18(14,15)10-3-2-8(11)12/h4-5,10H,2-3H2,1H3,(H,11,12). The van der Waals surface area contributed by atoms with Gasteiger partial charge in [-0.15, -0.1) is 11.3 Å². The summed E-state index contributed by atoms with van der Waals surface area (Å²) in [5.41, 5.74) is 0. The topological polar surface area (TPSA) is 110 Å². The van der Waals surface area contributed by atoms with E-state index >= 15 is 0 Å². The first-order valence-corrected chi connectivity index (χ1v) is 7.11. The van der Waals surface area contributed by atoms with Crippen LogP contribution in [-0.2, 0) is 19.6 Å². The molecule has 100 valence electrons. The molecular weight excluding hydrogens is 282 g/mol. The molecule has 0 bridgehead atoms. The zero-order valence-corrected chi connectivity index (χ0v) is 11.0. The van der Waals surface area contributed by atoms with Gasteiger partial charge in [-0.25, -0.2) is 17.9 Å². The summed E-state index contributed by atoms with van der Waals surface area (Å²) < 4.78 is 30.0. The minimum absolute atomic E-state index is 0.0849. The average Bonchev–Trinajstić information content (AvgIpc) is 2.77. The predicted octanol–water partition coefficient (Wildman–Crippen LogP) is 0.288. The Balaban J connectivity index is 2.76. The van der Waals surface area contributed by atoms with Gasteiger partial charge in [-0.3, -0.25) is 4.79 Å². The molecule has 1 rings (SSSR count). The maximum absolute atomic E-state index is 11.7. The predicted molar refractivity (Wildman–Crippen MR) is 63.1 cm³/mol. The summed E-state index contributed by atoms with van der Waals surface area (Å²) in [5, 5.41) is 9.68. The van der Waals surface area contributed by atoms with E-state index in [9.17, 15) is 18.0 Å². The largest absolute Gasteiger partial charge is 0.481 e. The number of nitrogens with one attached hydrogen (secondary N) is 1. The molecule has 0 aromatic carbocycles. The Hall–Kier alpha value is -1.45. The van der Waals surface area contributed by atoms with Gasteiger partial charge in [0.15, 0.2) is 0 Å². The van der Waals surface area contributed by atoms with Gasteiger partial charge in [0, 0.05) is 11.9 Å². The Morgan fingerprint density at radius 1 is 1.50 bits per heavy atom. The third-order valence-electron chi connectivity index (χ3n) is 1.90. The molecule has 0 amide bonds. The van der Waals surface area contributed by atoms with Gasteiger partial charge in [-0.1, -0.05) is 0 Å². The zero-order chi connectivity index (χ0) is 13.8. The summed E-state index contributed by atoms with van der Waals surface area (Å²) in [6, 6.07) is 1.18. The number of carbonyl (C=O) groups excluding carboxylic acids is 1. The van der Waals surface area contributed by atoms with E-state index in [1.165, 1.54) is 18.6 Å². The van der Waals surface area contributed by atoms with Gasteiger partial charge in [0.05, 0.1) is 18.4 Å². The van der Waals surface area contributed by atoms with Gasteiger partial charge in [0.2, 0.25) is 10.0 Å². The van der Waals surface area contributed by atoms with E-state index in [4.69, 9.17) is 5.11 Å². The van der Waals surface area contributed by atoms with Gasteiger partial charge >= 0.3 is 11.9 Å². The van der Waals surface area contributed by atoms with E-state index in [1.807, 2.05) is 0 Å².